The Morgan fingerprint density at radius 2 is 1.79 bits per heavy atom. The summed E-state index contributed by atoms with van der Waals surface area (Å²) in [5, 5.41) is 2.72. The van der Waals surface area contributed by atoms with Crippen molar-refractivity contribution in [1.29, 1.82) is 0 Å². The Morgan fingerprint density at radius 3 is 2.36 bits per heavy atom. The van der Waals surface area contributed by atoms with E-state index in [-0.39, 0.29) is 0 Å². The molecule has 0 bridgehead atoms. The first-order chi connectivity index (χ1) is 15.4. The molecule has 178 valence electrons. The summed E-state index contributed by atoms with van der Waals surface area (Å²) in [6.45, 7) is 9.54. The summed E-state index contributed by atoms with van der Waals surface area (Å²) < 4.78 is 46.0. The van der Waals surface area contributed by atoms with Crippen molar-refractivity contribution in [2.45, 2.75) is 72.2 Å². The molecule has 0 saturated heterocycles. The molecule has 0 spiro atoms. The van der Waals surface area contributed by atoms with Gasteiger partial charge in [0.2, 0.25) is 0 Å². The van der Waals surface area contributed by atoms with E-state index in [1.54, 1.807) is 33.8 Å². The van der Waals surface area contributed by atoms with E-state index in [1.807, 2.05) is 4.57 Å². The number of rotatable bonds is 6. The molecule has 1 aromatic carbocycles. The van der Waals surface area contributed by atoms with E-state index in [9.17, 15) is 18.0 Å². The van der Waals surface area contributed by atoms with E-state index in [2.05, 4.69) is 17.2 Å². The number of carbonyl (C=O) groups excluding carboxylic acids is 1. The maximum Gasteiger partial charge on any atom is 0.416 e. The number of fused-ring (bicyclic) bond motifs is 1. The van der Waals surface area contributed by atoms with Gasteiger partial charge in [0.25, 0.3) is 0 Å². The lowest BCUT2D eigenvalue weighted by atomic mass is 10.1. The number of nitrogens with zero attached hydrogens (tertiary/aromatic N) is 3. The zero-order chi connectivity index (χ0) is 24.4. The van der Waals surface area contributed by atoms with Gasteiger partial charge < -0.3 is 9.30 Å². The molecule has 2 aromatic heterocycles. The average molecular weight is 463 g/mol. The zero-order valence-electron chi connectivity index (χ0n) is 19.5. The van der Waals surface area contributed by atoms with Crippen LogP contribution >= 0.6 is 0 Å². The smallest absolute Gasteiger partial charge is 0.416 e. The number of aryl methyl sites for hydroxylation is 2. The van der Waals surface area contributed by atoms with Gasteiger partial charge in [-0.2, -0.15) is 13.2 Å². The number of halogens is 3. The molecule has 1 amide bonds. The third-order valence-electron chi connectivity index (χ3n) is 5.00. The normalized spacial score (nSPS) is 12.2. The Hall–Kier alpha value is -3.10. The van der Waals surface area contributed by atoms with Crippen molar-refractivity contribution >= 4 is 22.9 Å². The van der Waals surface area contributed by atoms with Crippen molar-refractivity contribution in [2.24, 2.45) is 0 Å². The van der Waals surface area contributed by atoms with Crippen molar-refractivity contribution in [3.05, 3.63) is 53.0 Å². The number of aromatic nitrogens is 3. The summed E-state index contributed by atoms with van der Waals surface area (Å²) in [6.07, 6.45) is -2.36. The van der Waals surface area contributed by atoms with Crippen LogP contribution in [0.25, 0.3) is 11.2 Å². The minimum absolute atomic E-state index is 0.346. The van der Waals surface area contributed by atoms with Gasteiger partial charge in [-0.1, -0.05) is 25.5 Å². The van der Waals surface area contributed by atoms with E-state index in [0.717, 1.165) is 36.4 Å². The molecule has 0 unspecified atom stereocenters. The van der Waals surface area contributed by atoms with Gasteiger partial charge in [0.05, 0.1) is 23.5 Å². The van der Waals surface area contributed by atoms with Gasteiger partial charge in [0.15, 0.2) is 5.65 Å². The Balaban J connectivity index is 1.95. The van der Waals surface area contributed by atoms with Gasteiger partial charge in [-0.05, 0) is 57.9 Å². The number of unbranched alkanes of at least 4 members (excludes halogenated alkanes) is 1. The Morgan fingerprint density at radius 1 is 1.12 bits per heavy atom. The van der Waals surface area contributed by atoms with Crippen molar-refractivity contribution in [1.82, 2.24) is 14.5 Å². The molecule has 3 aromatic rings. The monoisotopic (exact) mass is 462 g/mol. The molecule has 0 saturated carbocycles. The minimum atomic E-state index is -4.37. The first kappa shape index (κ1) is 24.5. The summed E-state index contributed by atoms with van der Waals surface area (Å²) >= 11 is 0. The number of benzene rings is 1. The maximum absolute atomic E-state index is 12.9. The predicted octanol–water partition coefficient (Wildman–Crippen LogP) is 6.50. The number of hydrogen-bond acceptors (Lipinski definition) is 4. The molecule has 0 atom stereocenters. The van der Waals surface area contributed by atoms with Crippen molar-refractivity contribution in [2.75, 3.05) is 5.32 Å². The molecule has 0 radical (unpaired) electrons. The molecule has 0 fully saturated rings. The molecule has 0 aliphatic heterocycles. The SMILES string of the molecule is CCCCc1nc2cc(NC(=O)OC(C)(C)C)c(C)nc2n1Cc1ccc(C(F)(F)F)cc1. The molecule has 1 N–H and O–H groups in total. The first-order valence-corrected chi connectivity index (χ1v) is 10.9. The Labute approximate surface area is 191 Å². The molecule has 0 aliphatic rings. The highest BCUT2D eigenvalue weighted by molar-refractivity contribution is 5.88. The van der Waals surface area contributed by atoms with E-state index >= 15 is 0 Å². The van der Waals surface area contributed by atoms with Crippen LogP contribution in [0.2, 0.25) is 0 Å². The average Bonchev–Trinajstić information content (AvgIpc) is 3.01. The van der Waals surface area contributed by atoms with Crippen molar-refractivity contribution in [3.63, 3.8) is 0 Å². The summed E-state index contributed by atoms with van der Waals surface area (Å²) in [6, 6.07) is 6.87. The second kappa shape index (κ2) is 9.41. The number of imidazole rings is 1. The van der Waals surface area contributed by atoms with Crippen LogP contribution in [0.5, 0.6) is 0 Å². The van der Waals surface area contributed by atoms with E-state index in [1.165, 1.54) is 12.1 Å². The largest absolute Gasteiger partial charge is 0.444 e. The molecular weight excluding hydrogens is 433 g/mol. The molecule has 2 heterocycles. The number of anilines is 1. The molecule has 9 heteroatoms. The zero-order valence-corrected chi connectivity index (χ0v) is 19.5. The van der Waals surface area contributed by atoms with Gasteiger partial charge in [-0.25, -0.2) is 14.8 Å². The van der Waals surface area contributed by atoms with Gasteiger partial charge in [0.1, 0.15) is 16.9 Å². The third-order valence-corrected chi connectivity index (χ3v) is 5.00. The van der Waals surface area contributed by atoms with Gasteiger partial charge in [-0.15, -0.1) is 0 Å². The molecule has 6 nitrogen and oxygen atoms in total. The van der Waals surface area contributed by atoms with Crippen molar-refractivity contribution in [3.8, 4) is 0 Å². The van der Waals surface area contributed by atoms with Crippen LogP contribution in [0.1, 0.15) is 63.2 Å². The van der Waals surface area contributed by atoms with Crippen LogP contribution in [-0.4, -0.2) is 26.2 Å². The lowest BCUT2D eigenvalue weighted by molar-refractivity contribution is -0.137. The number of pyridine rings is 1. The van der Waals surface area contributed by atoms with Crippen molar-refractivity contribution < 1.29 is 22.7 Å². The predicted molar refractivity (Wildman–Crippen MR) is 121 cm³/mol. The number of nitrogens with one attached hydrogen (secondary N) is 1. The summed E-state index contributed by atoms with van der Waals surface area (Å²) in [7, 11) is 0. The number of alkyl halides is 3. The van der Waals surface area contributed by atoms with Crippen LogP contribution in [0.15, 0.2) is 30.3 Å². The molecule has 33 heavy (non-hydrogen) atoms. The molecule has 3 rings (SSSR count). The highest BCUT2D eigenvalue weighted by Gasteiger charge is 2.30. The fourth-order valence-electron chi connectivity index (χ4n) is 3.40. The second-order valence-corrected chi connectivity index (χ2v) is 9.00. The third kappa shape index (κ3) is 6.24. The number of carbonyl (C=O) groups is 1. The fraction of sp³-hybridized carbons (Fsp3) is 0.458. The van der Waals surface area contributed by atoms with E-state index in [4.69, 9.17) is 9.72 Å². The van der Waals surface area contributed by atoms with Crippen LogP contribution in [0.4, 0.5) is 23.7 Å². The summed E-state index contributed by atoms with van der Waals surface area (Å²) in [5.41, 5.74) is 1.71. The number of amides is 1. The van der Waals surface area contributed by atoms with Gasteiger partial charge >= 0.3 is 12.3 Å². The highest BCUT2D eigenvalue weighted by Crippen LogP contribution is 2.30. The summed E-state index contributed by atoms with van der Waals surface area (Å²) in [4.78, 5) is 21.6. The standard InChI is InChI=1S/C24H29F3N4O2/c1-6-7-8-20-29-19-13-18(30-22(32)33-23(3,4)5)15(2)28-21(19)31(20)14-16-9-11-17(12-10-16)24(25,26)27/h9-13H,6-8,14H2,1-5H3,(H,30,32). The van der Waals surface area contributed by atoms with E-state index in [0.29, 0.717) is 35.5 Å². The Kier molecular flexibility index (Phi) is 7.00. The maximum atomic E-state index is 12.9. The van der Waals surface area contributed by atoms with Gasteiger partial charge in [0, 0.05) is 6.42 Å². The number of ether oxygens (including phenoxy) is 1. The minimum Gasteiger partial charge on any atom is -0.444 e. The Bertz CT molecular complexity index is 1130. The van der Waals surface area contributed by atoms with Crippen LogP contribution in [0, 0.1) is 6.92 Å². The van der Waals surface area contributed by atoms with E-state index < -0.39 is 23.4 Å². The second-order valence-electron chi connectivity index (χ2n) is 9.00. The lowest BCUT2D eigenvalue weighted by Gasteiger charge is -2.20. The number of hydrogen-bond donors (Lipinski definition) is 1. The molecule has 0 aliphatic carbocycles. The van der Waals surface area contributed by atoms with Crippen LogP contribution < -0.4 is 5.32 Å². The molecular formula is C24H29F3N4O2. The summed E-state index contributed by atoms with van der Waals surface area (Å²) in [5.74, 6) is 0.799. The lowest BCUT2D eigenvalue weighted by Crippen LogP contribution is -2.27. The van der Waals surface area contributed by atoms with Gasteiger partial charge in [-0.3, -0.25) is 5.32 Å². The van der Waals surface area contributed by atoms with Crippen LogP contribution in [0.3, 0.4) is 0 Å². The highest BCUT2D eigenvalue weighted by atomic mass is 19.4. The first-order valence-electron chi connectivity index (χ1n) is 10.9. The fourth-order valence-corrected chi connectivity index (χ4v) is 3.40. The topological polar surface area (TPSA) is 69.0 Å². The quantitative estimate of drug-likeness (QED) is 0.454. The van der Waals surface area contributed by atoms with Crippen LogP contribution in [-0.2, 0) is 23.9 Å².